The lowest BCUT2D eigenvalue weighted by molar-refractivity contribution is 0.572. The summed E-state index contributed by atoms with van der Waals surface area (Å²) in [6, 6.07) is 12.4. The van der Waals surface area contributed by atoms with Crippen LogP contribution in [0.1, 0.15) is 25.5 Å². The van der Waals surface area contributed by atoms with Gasteiger partial charge < -0.3 is 4.42 Å². The second-order valence-corrected chi connectivity index (χ2v) is 5.04. The first-order chi connectivity index (χ1) is 9.75. The topological polar surface area (TPSA) is 38.9 Å². The minimum atomic E-state index is 0.390. The maximum absolute atomic E-state index is 5.43. The SMILES string of the molecule is CC(C)c1cc(-c2ccccc2)c(-c2cnco2)cn1. The Kier molecular flexibility index (Phi) is 3.33. The van der Waals surface area contributed by atoms with Crippen molar-refractivity contribution in [3.63, 3.8) is 0 Å². The zero-order valence-electron chi connectivity index (χ0n) is 11.6. The minimum absolute atomic E-state index is 0.390. The van der Waals surface area contributed by atoms with E-state index >= 15 is 0 Å². The first kappa shape index (κ1) is 12.6. The summed E-state index contributed by atoms with van der Waals surface area (Å²) in [4.78, 5) is 8.53. The Labute approximate surface area is 118 Å². The van der Waals surface area contributed by atoms with E-state index in [1.807, 2.05) is 24.4 Å². The van der Waals surface area contributed by atoms with Crippen molar-refractivity contribution >= 4 is 0 Å². The van der Waals surface area contributed by atoms with Gasteiger partial charge in [0.1, 0.15) is 0 Å². The van der Waals surface area contributed by atoms with Crippen LogP contribution in [0.15, 0.2) is 59.6 Å². The maximum atomic E-state index is 5.43. The van der Waals surface area contributed by atoms with Gasteiger partial charge in [0.2, 0.25) is 0 Å². The fourth-order valence-electron chi connectivity index (χ4n) is 2.19. The first-order valence-corrected chi connectivity index (χ1v) is 6.70. The van der Waals surface area contributed by atoms with Crippen LogP contribution in [0.25, 0.3) is 22.5 Å². The molecular weight excluding hydrogens is 248 g/mol. The number of pyridine rings is 1. The van der Waals surface area contributed by atoms with E-state index in [2.05, 4.69) is 42.0 Å². The van der Waals surface area contributed by atoms with Gasteiger partial charge in [-0.3, -0.25) is 4.98 Å². The van der Waals surface area contributed by atoms with Gasteiger partial charge in [0.05, 0.1) is 6.20 Å². The fraction of sp³-hybridized carbons (Fsp3) is 0.176. The molecule has 0 aliphatic heterocycles. The Bertz CT molecular complexity index is 688. The zero-order chi connectivity index (χ0) is 13.9. The van der Waals surface area contributed by atoms with Crippen molar-refractivity contribution < 1.29 is 4.42 Å². The number of nitrogens with zero attached hydrogens (tertiary/aromatic N) is 2. The number of aromatic nitrogens is 2. The standard InChI is InChI=1S/C17H16N2O/c1-12(2)16-8-14(13-6-4-3-5-7-13)15(9-19-16)17-10-18-11-20-17/h3-12H,1-2H3. The molecule has 0 aliphatic rings. The van der Waals surface area contributed by atoms with Crippen molar-refractivity contribution in [3.8, 4) is 22.5 Å². The molecule has 0 saturated carbocycles. The van der Waals surface area contributed by atoms with Gasteiger partial charge in [0, 0.05) is 17.5 Å². The summed E-state index contributed by atoms with van der Waals surface area (Å²) in [7, 11) is 0. The smallest absolute Gasteiger partial charge is 0.181 e. The molecule has 20 heavy (non-hydrogen) atoms. The third-order valence-electron chi connectivity index (χ3n) is 3.30. The predicted molar refractivity (Wildman–Crippen MR) is 79.3 cm³/mol. The lowest BCUT2D eigenvalue weighted by Crippen LogP contribution is -1.95. The molecule has 100 valence electrons. The molecule has 3 heteroatoms. The Balaban J connectivity index is 2.20. The van der Waals surface area contributed by atoms with Crippen molar-refractivity contribution in [3.05, 3.63) is 60.9 Å². The normalized spacial score (nSPS) is 10.9. The molecule has 1 aromatic carbocycles. The lowest BCUT2D eigenvalue weighted by atomic mass is 9.97. The van der Waals surface area contributed by atoms with Crippen LogP contribution in [0.5, 0.6) is 0 Å². The van der Waals surface area contributed by atoms with Crippen LogP contribution < -0.4 is 0 Å². The molecule has 3 aromatic rings. The van der Waals surface area contributed by atoms with E-state index in [1.165, 1.54) is 6.39 Å². The zero-order valence-corrected chi connectivity index (χ0v) is 11.6. The summed E-state index contributed by atoms with van der Waals surface area (Å²) < 4.78 is 5.43. The highest BCUT2D eigenvalue weighted by Gasteiger charge is 2.13. The van der Waals surface area contributed by atoms with Crippen molar-refractivity contribution in [1.82, 2.24) is 9.97 Å². The van der Waals surface area contributed by atoms with E-state index in [0.717, 1.165) is 28.1 Å². The van der Waals surface area contributed by atoms with Crippen molar-refractivity contribution in [1.29, 1.82) is 0 Å². The Morgan fingerprint density at radius 2 is 1.80 bits per heavy atom. The lowest BCUT2D eigenvalue weighted by Gasteiger charge is -2.11. The molecule has 0 aliphatic carbocycles. The molecule has 0 unspecified atom stereocenters. The van der Waals surface area contributed by atoms with Gasteiger partial charge in [-0.1, -0.05) is 44.2 Å². The number of benzene rings is 1. The van der Waals surface area contributed by atoms with Crippen molar-refractivity contribution in [2.45, 2.75) is 19.8 Å². The maximum Gasteiger partial charge on any atom is 0.181 e. The van der Waals surface area contributed by atoms with Crippen LogP contribution in [-0.2, 0) is 0 Å². The average Bonchev–Trinajstić information content (AvgIpc) is 3.01. The number of rotatable bonds is 3. The van der Waals surface area contributed by atoms with Gasteiger partial charge in [0.25, 0.3) is 0 Å². The van der Waals surface area contributed by atoms with Gasteiger partial charge in [0.15, 0.2) is 12.2 Å². The van der Waals surface area contributed by atoms with Crippen LogP contribution in [0.2, 0.25) is 0 Å². The largest absolute Gasteiger partial charge is 0.443 e. The highest BCUT2D eigenvalue weighted by atomic mass is 16.3. The van der Waals surface area contributed by atoms with Gasteiger partial charge in [-0.25, -0.2) is 4.98 Å². The van der Waals surface area contributed by atoms with Crippen molar-refractivity contribution in [2.24, 2.45) is 0 Å². The van der Waals surface area contributed by atoms with Crippen LogP contribution in [-0.4, -0.2) is 9.97 Å². The van der Waals surface area contributed by atoms with Crippen LogP contribution >= 0.6 is 0 Å². The van der Waals surface area contributed by atoms with E-state index in [0.29, 0.717) is 5.92 Å². The van der Waals surface area contributed by atoms with E-state index in [4.69, 9.17) is 4.42 Å². The molecule has 2 aromatic heterocycles. The first-order valence-electron chi connectivity index (χ1n) is 6.70. The van der Waals surface area contributed by atoms with E-state index in [-0.39, 0.29) is 0 Å². The summed E-state index contributed by atoms with van der Waals surface area (Å²) in [6.45, 7) is 4.29. The second kappa shape index (κ2) is 5.29. The summed E-state index contributed by atoms with van der Waals surface area (Å²) in [5.74, 6) is 1.13. The molecule has 3 rings (SSSR count). The molecule has 2 heterocycles. The minimum Gasteiger partial charge on any atom is -0.443 e. The monoisotopic (exact) mass is 264 g/mol. The number of oxazole rings is 1. The summed E-state index contributed by atoms with van der Waals surface area (Å²) in [5, 5.41) is 0. The molecule has 0 N–H and O–H groups in total. The molecule has 0 bridgehead atoms. The summed E-state index contributed by atoms with van der Waals surface area (Å²) in [5.41, 5.74) is 4.33. The molecule has 0 fully saturated rings. The molecule has 3 nitrogen and oxygen atoms in total. The Morgan fingerprint density at radius 3 is 2.45 bits per heavy atom. The molecule has 0 spiro atoms. The Hall–Kier alpha value is -2.42. The summed E-state index contributed by atoms with van der Waals surface area (Å²) >= 11 is 0. The molecule has 0 amide bonds. The Morgan fingerprint density at radius 1 is 1.00 bits per heavy atom. The second-order valence-electron chi connectivity index (χ2n) is 5.04. The molecular formula is C17H16N2O. The van der Waals surface area contributed by atoms with E-state index in [9.17, 15) is 0 Å². The quantitative estimate of drug-likeness (QED) is 0.697. The van der Waals surface area contributed by atoms with Crippen LogP contribution in [0, 0.1) is 0 Å². The van der Waals surface area contributed by atoms with E-state index < -0.39 is 0 Å². The number of hydrogen-bond donors (Lipinski definition) is 0. The highest BCUT2D eigenvalue weighted by molar-refractivity contribution is 5.80. The van der Waals surface area contributed by atoms with E-state index in [1.54, 1.807) is 6.20 Å². The van der Waals surface area contributed by atoms with Gasteiger partial charge in [-0.05, 0) is 23.1 Å². The van der Waals surface area contributed by atoms with Gasteiger partial charge in [-0.2, -0.15) is 0 Å². The van der Waals surface area contributed by atoms with Crippen molar-refractivity contribution in [2.75, 3.05) is 0 Å². The third-order valence-corrected chi connectivity index (χ3v) is 3.30. The fourth-order valence-corrected chi connectivity index (χ4v) is 2.19. The van der Waals surface area contributed by atoms with Crippen LogP contribution in [0.4, 0.5) is 0 Å². The molecule has 0 atom stereocenters. The highest BCUT2D eigenvalue weighted by Crippen LogP contribution is 2.33. The predicted octanol–water partition coefficient (Wildman–Crippen LogP) is 4.53. The average molecular weight is 264 g/mol. The van der Waals surface area contributed by atoms with Gasteiger partial charge in [-0.15, -0.1) is 0 Å². The van der Waals surface area contributed by atoms with Gasteiger partial charge >= 0.3 is 0 Å². The molecule has 0 saturated heterocycles. The third kappa shape index (κ3) is 2.35. The number of hydrogen-bond acceptors (Lipinski definition) is 3. The molecule has 0 radical (unpaired) electrons. The summed E-state index contributed by atoms with van der Waals surface area (Å²) in [6.07, 6.45) is 5.04. The van der Waals surface area contributed by atoms with Crippen LogP contribution in [0.3, 0.4) is 0 Å².